The number of carbonyl (C=O) groups is 1. The van der Waals surface area contributed by atoms with Gasteiger partial charge in [-0.3, -0.25) is 9.89 Å². The first kappa shape index (κ1) is 15.2. The fourth-order valence-corrected chi connectivity index (χ4v) is 2.87. The average molecular weight is 308 g/mol. The number of benzene rings is 1. The molecule has 0 aliphatic rings. The summed E-state index contributed by atoms with van der Waals surface area (Å²) >= 11 is 0. The van der Waals surface area contributed by atoms with Crippen LogP contribution in [0.15, 0.2) is 41.6 Å². The zero-order valence-corrected chi connectivity index (χ0v) is 12.5. The van der Waals surface area contributed by atoms with E-state index in [0.29, 0.717) is 5.56 Å². The Morgan fingerprint density at radius 1 is 1.33 bits per heavy atom. The van der Waals surface area contributed by atoms with Gasteiger partial charge in [0.1, 0.15) is 4.90 Å². The molecule has 112 valence electrons. The lowest BCUT2D eigenvalue weighted by atomic mass is 10.1. The van der Waals surface area contributed by atoms with Gasteiger partial charge in [0.15, 0.2) is 0 Å². The maximum absolute atomic E-state index is 12.2. The van der Waals surface area contributed by atoms with E-state index >= 15 is 0 Å². The summed E-state index contributed by atoms with van der Waals surface area (Å²) in [6.07, 6.45) is 2.60. The molecule has 21 heavy (non-hydrogen) atoms. The first-order valence-electron chi connectivity index (χ1n) is 6.21. The molecule has 0 spiro atoms. The summed E-state index contributed by atoms with van der Waals surface area (Å²) in [5.41, 5.74) is 1.32. The minimum atomic E-state index is -3.56. The molecule has 0 aliphatic heterocycles. The third kappa shape index (κ3) is 3.29. The van der Waals surface area contributed by atoms with E-state index in [4.69, 9.17) is 0 Å². The van der Waals surface area contributed by atoms with Crippen LogP contribution in [0.5, 0.6) is 0 Å². The number of amides is 1. The van der Waals surface area contributed by atoms with Crippen molar-refractivity contribution in [3.63, 3.8) is 0 Å². The summed E-state index contributed by atoms with van der Waals surface area (Å²) in [6, 6.07) is 6.77. The van der Waals surface area contributed by atoms with E-state index in [-0.39, 0.29) is 17.3 Å². The molecule has 7 nitrogen and oxygen atoms in total. The quantitative estimate of drug-likeness (QED) is 0.845. The molecule has 0 saturated heterocycles. The smallest absolute Gasteiger partial charge is 0.251 e. The Morgan fingerprint density at radius 3 is 2.52 bits per heavy atom. The van der Waals surface area contributed by atoms with Crippen LogP contribution in [-0.2, 0) is 16.6 Å². The summed E-state index contributed by atoms with van der Waals surface area (Å²) in [6.45, 7) is 0.210. The highest BCUT2D eigenvalue weighted by molar-refractivity contribution is 7.89. The Morgan fingerprint density at radius 2 is 2.00 bits per heavy atom. The SMILES string of the molecule is CNC(=O)c1ccc(CN(C)S(=O)(=O)c2cn[nH]c2)cc1. The van der Waals surface area contributed by atoms with E-state index in [1.807, 2.05) is 0 Å². The van der Waals surface area contributed by atoms with Gasteiger partial charge in [-0.1, -0.05) is 12.1 Å². The van der Waals surface area contributed by atoms with Crippen LogP contribution < -0.4 is 5.32 Å². The average Bonchev–Trinajstić information content (AvgIpc) is 3.02. The minimum Gasteiger partial charge on any atom is -0.355 e. The van der Waals surface area contributed by atoms with Gasteiger partial charge in [0.05, 0.1) is 6.20 Å². The van der Waals surface area contributed by atoms with Crippen LogP contribution in [0.3, 0.4) is 0 Å². The highest BCUT2D eigenvalue weighted by atomic mass is 32.2. The van der Waals surface area contributed by atoms with Gasteiger partial charge in [0.25, 0.3) is 5.91 Å². The normalized spacial score (nSPS) is 11.6. The summed E-state index contributed by atoms with van der Waals surface area (Å²) in [4.78, 5) is 11.6. The van der Waals surface area contributed by atoms with Crippen molar-refractivity contribution >= 4 is 15.9 Å². The van der Waals surface area contributed by atoms with E-state index in [1.54, 1.807) is 31.3 Å². The molecule has 0 aliphatic carbocycles. The minimum absolute atomic E-state index is 0.118. The van der Waals surface area contributed by atoms with Gasteiger partial charge in [-0.2, -0.15) is 9.40 Å². The number of hydrogen-bond donors (Lipinski definition) is 2. The van der Waals surface area contributed by atoms with Crippen molar-refractivity contribution in [1.82, 2.24) is 19.8 Å². The second kappa shape index (κ2) is 6.06. The van der Waals surface area contributed by atoms with Crippen LogP contribution in [0.25, 0.3) is 0 Å². The number of sulfonamides is 1. The van der Waals surface area contributed by atoms with E-state index < -0.39 is 10.0 Å². The van der Waals surface area contributed by atoms with Gasteiger partial charge in [0, 0.05) is 32.4 Å². The van der Waals surface area contributed by atoms with Crippen molar-refractivity contribution in [2.45, 2.75) is 11.4 Å². The molecule has 0 bridgehead atoms. The number of nitrogens with zero attached hydrogens (tertiary/aromatic N) is 2. The predicted octanol–water partition coefficient (Wildman–Crippen LogP) is 0.590. The highest BCUT2D eigenvalue weighted by Gasteiger charge is 2.21. The molecule has 0 fully saturated rings. The van der Waals surface area contributed by atoms with Crippen LogP contribution in [0.1, 0.15) is 15.9 Å². The summed E-state index contributed by atoms with van der Waals surface area (Å²) in [5.74, 6) is -0.180. The largest absolute Gasteiger partial charge is 0.355 e. The van der Waals surface area contributed by atoms with E-state index in [2.05, 4.69) is 15.5 Å². The number of aromatic nitrogens is 2. The standard InChI is InChI=1S/C13H16N4O3S/c1-14-13(18)11-5-3-10(4-6-11)9-17(2)21(19,20)12-7-15-16-8-12/h3-8H,9H2,1-2H3,(H,14,18)(H,15,16). The Hall–Kier alpha value is -2.19. The number of aromatic amines is 1. The third-order valence-electron chi connectivity index (χ3n) is 3.03. The summed E-state index contributed by atoms with van der Waals surface area (Å²) in [5, 5.41) is 8.65. The Kier molecular flexibility index (Phi) is 4.39. The zero-order valence-electron chi connectivity index (χ0n) is 11.7. The van der Waals surface area contributed by atoms with Crippen molar-refractivity contribution in [3.05, 3.63) is 47.8 Å². The number of rotatable bonds is 5. The highest BCUT2D eigenvalue weighted by Crippen LogP contribution is 2.15. The Balaban J connectivity index is 2.13. The molecule has 1 aromatic carbocycles. The van der Waals surface area contributed by atoms with Crippen molar-refractivity contribution in [1.29, 1.82) is 0 Å². The molecule has 1 amide bonds. The zero-order chi connectivity index (χ0) is 15.5. The molecule has 8 heteroatoms. The van der Waals surface area contributed by atoms with Crippen LogP contribution in [-0.4, -0.2) is 42.9 Å². The van der Waals surface area contributed by atoms with E-state index in [9.17, 15) is 13.2 Å². The first-order valence-corrected chi connectivity index (χ1v) is 7.65. The van der Waals surface area contributed by atoms with Crippen LogP contribution >= 0.6 is 0 Å². The Labute approximate surface area is 123 Å². The fraction of sp³-hybridized carbons (Fsp3) is 0.231. The van der Waals surface area contributed by atoms with Gasteiger partial charge in [-0.15, -0.1) is 0 Å². The number of hydrogen-bond acceptors (Lipinski definition) is 4. The third-order valence-corrected chi connectivity index (χ3v) is 4.80. The first-order chi connectivity index (χ1) is 9.95. The molecule has 0 saturated carbocycles. The topological polar surface area (TPSA) is 95.2 Å². The lowest BCUT2D eigenvalue weighted by Crippen LogP contribution is -2.26. The maximum Gasteiger partial charge on any atom is 0.251 e. The van der Waals surface area contributed by atoms with Crippen molar-refractivity contribution in [3.8, 4) is 0 Å². The lowest BCUT2D eigenvalue weighted by Gasteiger charge is -2.16. The summed E-state index contributed by atoms with van der Waals surface area (Å²) < 4.78 is 25.7. The monoisotopic (exact) mass is 308 g/mol. The molecule has 2 N–H and O–H groups in total. The van der Waals surface area contributed by atoms with Crippen LogP contribution in [0.4, 0.5) is 0 Å². The predicted molar refractivity (Wildman–Crippen MR) is 77.1 cm³/mol. The van der Waals surface area contributed by atoms with Crippen molar-refractivity contribution in [2.75, 3.05) is 14.1 Å². The maximum atomic E-state index is 12.2. The number of H-pyrrole nitrogens is 1. The van der Waals surface area contributed by atoms with Gasteiger partial charge in [-0.25, -0.2) is 8.42 Å². The molecule has 0 unspecified atom stereocenters. The van der Waals surface area contributed by atoms with Gasteiger partial charge in [0.2, 0.25) is 10.0 Å². The van der Waals surface area contributed by atoms with E-state index in [1.165, 1.54) is 23.7 Å². The van der Waals surface area contributed by atoms with Crippen LogP contribution in [0.2, 0.25) is 0 Å². The fourth-order valence-electron chi connectivity index (χ4n) is 1.81. The second-order valence-electron chi connectivity index (χ2n) is 4.47. The Bertz CT molecular complexity index is 708. The molecule has 0 atom stereocenters. The molecule has 2 aromatic rings. The van der Waals surface area contributed by atoms with Crippen molar-refractivity contribution in [2.24, 2.45) is 0 Å². The van der Waals surface area contributed by atoms with Crippen molar-refractivity contribution < 1.29 is 13.2 Å². The molecule has 1 heterocycles. The number of carbonyl (C=O) groups excluding carboxylic acids is 1. The molecular weight excluding hydrogens is 292 g/mol. The lowest BCUT2D eigenvalue weighted by molar-refractivity contribution is 0.0963. The summed E-state index contributed by atoms with van der Waals surface area (Å²) in [7, 11) is -0.513. The van der Waals surface area contributed by atoms with Crippen LogP contribution in [0, 0.1) is 0 Å². The molecule has 2 rings (SSSR count). The molecule has 1 aromatic heterocycles. The van der Waals surface area contributed by atoms with Gasteiger partial charge < -0.3 is 5.32 Å². The number of nitrogens with one attached hydrogen (secondary N) is 2. The van der Waals surface area contributed by atoms with Gasteiger partial charge in [-0.05, 0) is 17.7 Å². The molecular formula is C13H16N4O3S. The van der Waals surface area contributed by atoms with E-state index in [0.717, 1.165) is 5.56 Å². The van der Waals surface area contributed by atoms with Gasteiger partial charge >= 0.3 is 0 Å². The molecule has 0 radical (unpaired) electrons. The second-order valence-corrected chi connectivity index (χ2v) is 6.52.